The summed E-state index contributed by atoms with van der Waals surface area (Å²) in [6.45, 7) is 5.67. The molecule has 2 aromatic carbocycles. The minimum atomic E-state index is -0.665. The van der Waals surface area contributed by atoms with Gasteiger partial charge >= 0.3 is 5.97 Å². The molecular formula is C22H20N4O3. The highest BCUT2D eigenvalue weighted by Gasteiger charge is 2.20. The van der Waals surface area contributed by atoms with Gasteiger partial charge in [-0.1, -0.05) is 17.7 Å². The highest BCUT2D eigenvalue weighted by molar-refractivity contribution is 5.89. The fourth-order valence-corrected chi connectivity index (χ4v) is 2.87. The number of hydrogen-bond acceptors (Lipinski definition) is 6. The van der Waals surface area contributed by atoms with Gasteiger partial charge in [0.15, 0.2) is 6.10 Å². The smallest absolute Gasteiger partial charge is 0.338 e. The van der Waals surface area contributed by atoms with E-state index < -0.39 is 12.1 Å². The lowest BCUT2D eigenvalue weighted by atomic mass is 10.1. The molecule has 0 aliphatic heterocycles. The van der Waals surface area contributed by atoms with E-state index in [0.29, 0.717) is 11.5 Å². The van der Waals surface area contributed by atoms with E-state index in [9.17, 15) is 4.79 Å². The first-order valence-corrected chi connectivity index (χ1v) is 9.24. The minimum absolute atomic E-state index is 0.248. The predicted octanol–water partition coefficient (Wildman–Crippen LogP) is 4.46. The van der Waals surface area contributed by atoms with Gasteiger partial charge in [0.25, 0.3) is 5.89 Å². The topological polar surface area (TPSA) is 83.0 Å². The van der Waals surface area contributed by atoms with Crippen LogP contribution in [-0.4, -0.2) is 25.9 Å². The molecule has 0 radical (unpaired) electrons. The Kier molecular flexibility index (Phi) is 4.95. The normalized spacial score (nSPS) is 12.0. The Morgan fingerprint density at radius 3 is 2.38 bits per heavy atom. The van der Waals surface area contributed by atoms with Crippen molar-refractivity contribution < 1.29 is 13.9 Å². The molecule has 0 bridgehead atoms. The molecule has 7 heteroatoms. The molecule has 0 saturated heterocycles. The number of aryl methyl sites for hydroxylation is 2. The first-order valence-electron chi connectivity index (χ1n) is 9.24. The third-order valence-electron chi connectivity index (χ3n) is 4.55. The molecule has 4 aromatic rings. The molecule has 29 heavy (non-hydrogen) atoms. The molecular weight excluding hydrogens is 368 g/mol. The zero-order chi connectivity index (χ0) is 20.4. The zero-order valence-electron chi connectivity index (χ0n) is 16.4. The van der Waals surface area contributed by atoms with Crippen molar-refractivity contribution in [3.8, 4) is 17.1 Å². The Bertz CT molecular complexity index is 1130. The van der Waals surface area contributed by atoms with E-state index in [1.54, 1.807) is 29.9 Å². The van der Waals surface area contributed by atoms with Gasteiger partial charge in [-0.15, -0.1) is 10.2 Å². The van der Waals surface area contributed by atoms with Crippen LogP contribution in [0.5, 0.6) is 0 Å². The fraction of sp³-hybridized carbons (Fsp3) is 0.182. The summed E-state index contributed by atoms with van der Waals surface area (Å²) in [5.41, 5.74) is 4.28. The molecule has 0 saturated carbocycles. The highest BCUT2D eigenvalue weighted by Crippen LogP contribution is 2.23. The lowest BCUT2D eigenvalue weighted by Gasteiger charge is -2.10. The molecule has 0 aliphatic carbocycles. The maximum Gasteiger partial charge on any atom is 0.338 e. The van der Waals surface area contributed by atoms with Crippen LogP contribution in [0.4, 0.5) is 0 Å². The van der Waals surface area contributed by atoms with Crippen molar-refractivity contribution in [3.63, 3.8) is 0 Å². The molecule has 0 fully saturated rings. The number of rotatable bonds is 5. The molecule has 1 atom stereocenters. The van der Waals surface area contributed by atoms with Crippen LogP contribution in [0.15, 0.2) is 65.2 Å². The van der Waals surface area contributed by atoms with Gasteiger partial charge in [0.1, 0.15) is 0 Å². The standard InChI is InChI=1S/C22H20N4O3/c1-14-4-6-17(7-5-14)21-25-24-20(29-21)16(3)28-22(27)18-8-10-19(11-9-18)26-15(2)12-13-23-26/h4-13,16H,1-3H3/t16-/m1/s1. The van der Waals surface area contributed by atoms with Crippen molar-refractivity contribution in [1.82, 2.24) is 20.0 Å². The average molecular weight is 388 g/mol. The average Bonchev–Trinajstić information content (AvgIpc) is 3.38. The van der Waals surface area contributed by atoms with Crippen molar-refractivity contribution in [3.05, 3.63) is 83.5 Å². The number of benzene rings is 2. The third kappa shape index (κ3) is 3.94. The van der Waals surface area contributed by atoms with Crippen LogP contribution in [-0.2, 0) is 4.74 Å². The zero-order valence-corrected chi connectivity index (χ0v) is 16.4. The first-order chi connectivity index (χ1) is 14.0. The van der Waals surface area contributed by atoms with E-state index >= 15 is 0 Å². The number of nitrogens with zero attached hydrogens (tertiary/aromatic N) is 4. The van der Waals surface area contributed by atoms with Crippen LogP contribution in [0.25, 0.3) is 17.1 Å². The van der Waals surface area contributed by atoms with Gasteiger partial charge < -0.3 is 9.15 Å². The number of carbonyl (C=O) groups is 1. The fourth-order valence-electron chi connectivity index (χ4n) is 2.87. The minimum Gasteiger partial charge on any atom is -0.449 e. The van der Waals surface area contributed by atoms with Gasteiger partial charge in [0, 0.05) is 17.5 Å². The van der Waals surface area contributed by atoms with Crippen molar-refractivity contribution in [2.45, 2.75) is 26.9 Å². The van der Waals surface area contributed by atoms with E-state index in [2.05, 4.69) is 15.3 Å². The molecule has 2 aromatic heterocycles. The van der Waals surface area contributed by atoms with Crippen molar-refractivity contribution >= 4 is 5.97 Å². The van der Waals surface area contributed by atoms with E-state index in [0.717, 1.165) is 22.5 Å². The molecule has 0 spiro atoms. The van der Waals surface area contributed by atoms with Gasteiger partial charge in [0.2, 0.25) is 5.89 Å². The number of hydrogen-bond donors (Lipinski definition) is 0. The van der Waals surface area contributed by atoms with Crippen LogP contribution in [0.3, 0.4) is 0 Å². The largest absolute Gasteiger partial charge is 0.449 e. The Hall–Kier alpha value is -3.74. The molecule has 0 amide bonds. The molecule has 2 heterocycles. The summed E-state index contributed by atoms with van der Waals surface area (Å²) in [6, 6.07) is 16.7. The van der Waals surface area contributed by atoms with Gasteiger partial charge in [-0.25, -0.2) is 9.48 Å². The Labute approximate surface area is 168 Å². The first kappa shape index (κ1) is 18.6. The summed E-state index contributed by atoms with van der Waals surface area (Å²) in [6.07, 6.45) is 1.07. The van der Waals surface area contributed by atoms with Gasteiger partial charge in [-0.2, -0.15) is 5.10 Å². The van der Waals surface area contributed by atoms with E-state index in [1.807, 2.05) is 56.3 Å². The predicted molar refractivity (Wildman–Crippen MR) is 107 cm³/mol. The number of aromatic nitrogens is 4. The van der Waals surface area contributed by atoms with Crippen LogP contribution in [0.1, 0.15) is 40.5 Å². The lowest BCUT2D eigenvalue weighted by Crippen LogP contribution is -2.10. The molecule has 7 nitrogen and oxygen atoms in total. The van der Waals surface area contributed by atoms with E-state index in [1.165, 1.54) is 0 Å². The Balaban J connectivity index is 1.44. The van der Waals surface area contributed by atoms with Crippen LogP contribution < -0.4 is 0 Å². The quantitative estimate of drug-likeness (QED) is 0.470. The number of esters is 1. The SMILES string of the molecule is Cc1ccc(-c2nnc([C@@H](C)OC(=O)c3ccc(-n4nccc4C)cc3)o2)cc1. The van der Waals surface area contributed by atoms with Gasteiger partial charge in [-0.05, 0) is 63.2 Å². The van der Waals surface area contributed by atoms with Gasteiger partial charge in [-0.3, -0.25) is 0 Å². The number of carbonyl (C=O) groups excluding carboxylic acids is 1. The van der Waals surface area contributed by atoms with Crippen molar-refractivity contribution in [1.29, 1.82) is 0 Å². The maximum absolute atomic E-state index is 12.5. The summed E-state index contributed by atoms with van der Waals surface area (Å²) in [7, 11) is 0. The summed E-state index contributed by atoms with van der Waals surface area (Å²) >= 11 is 0. The number of ether oxygens (including phenoxy) is 1. The summed E-state index contributed by atoms with van der Waals surface area (Å²) in [5, 5.41) is 12.3. The van der Waals surface area contributed by atoms with Gasteiger partial charge in [0.05, 0.1) is 11.3 Å². The summed E-state index contributed by atoms with van der Waals surface area (Å²) in [5.74, 6) is 0.177. The Morgan fingerprint density at radius 2 is 1.72 bits per heavy atom. The van der Waals surface area contributed by atoms with E-state index in [-0.39, 0.29) is 5.89 Å². The monoisotopic (exact) mass is 388 g/mol. The molecule has 0 N–H and O–H groups in total. The second kappa shape index (κ2) is 7.71. The molecule has 4 rings (SSSR count). The third-order valence-corrected chi connectivity index (χ3v) is 4.55. The summed E-state index contributed by atoms with van der Waals surface area (Å²) < 4.78 is 13.0. The highest BCUT2D eigenvalue weighted by atomic mass is 16.6. The van der Waals surface area contributed by atoms with Crippen molar-refractivity contribution in [2.24, 2.45) is 0 Å². The van der Waals surface area contributed by atoms with Crippen molar-refractivity contribution in [2.75, 3.05) is 0 Å². The Morgan fingerprint density at radius 1 is 1.00 bits per heavy atom. The molecule has 146 valence electrons. The van der Waals surface area contributed by atoms with Crippen LogP contribution in [0, 0.1) is 13.8 Å². The second-order valence-corrected chi connectivity index (χ2v) is 6.79. The van der Waals surface area contributed by atoms with E-state index in [4.69, 9.17) is 9.15 Å². The van der Waals surface area contributed by atoms with Crippen LogP contribution in [0.2, 0.25) is 0 Å². The summed E-state index contributed by atoms with van der Waals surface area (Å²) in [4.78, 5) is 12.5. The second-order valence-electron chi connectivity index (χ2n) is 6.79. The lowest BCUT2D eigenvalue weighted by molar-refractivity contribution is 0.0280. The molecule has 0 unspecified atom stereocenters. The maximum atomic E-state index is 12.5. The molecule has 0 aliphatic rings. The van der Waals surface area contributed by atoms with Crippen LogP contribution >= 0.6 is 0 Å².